The Morgan fingerprint density at radius 2 is 2.00 bits per heavy atom. The van der Waals surface area contributed by atoms with Crippen molar-refractivity contribution < 1.29 is 9.53 Å². The van der Waals surface area contributed by atoms with Crippen LogP contribution in [0.4, 0.5) is 0 Å². The van der Waals surface area contributed by atoms with Gasteiger partial charge in [-0.25, -0.2) is 4.79 Å². The van der Waals surface area contributed by atoms with Crippen molar-refractivity contribution in [2.24, 2.45) is 0 Å². The number of benzene rings is 1. The molecule has 1 aliphatic rings. The third-order valence-corrected chi connectivity index (χ3v) is 4.23. The summed E-state index contributed by atoms with van der Waals surface area (Å²) in [5.74, 6) is -0.403. The van der Waals surface area contributed by atoms with Gasteiger partial charge in [0.2, 0.25) is 0 Å². The van der Waals surface area contributed by atoms with Gasteiger partial charge in [-0.15, -0.1) is 0 Å². The van der Waals surface area contributed by atoms with E-state index in [1.807, 2.05) is 31.2 Å². The van der Waals surface area contributed by atoms with Gasteiger partial charge in [0.1, 0.15) is 6.10 Å². The number of rotatable bonds is 5. The van der Waals surface area contributed by atoms with E-state index >= 15 is 0 Å². The van der Waals surface area contributed by atoms with Crippen molar-refractivity contribution >= 4 is 29.2 Å². The van der Waals surface area contributed by atoms with Crippen LogP contribution in [0.3, 0.4) is 0 Å². The van der Waals surface area contributed by atoms with E-state index in [0.29, 0.717) is 22.0 Å². The lowest BCUT2D eigenvalue weighted by molar-refractivity contribution is 0.0201. The first-order valence-electron chi connectivity index (χ1n) is 7.88. The molecule has 1 aromatic rings. The minimum absolute atomic E-state index is 0.0982. The van der Waals surface area contributed by atoms with Crippen molar-refractivity contribution in [1.29, 1.82) is 0 Å². The van der Waals surface area contributed by atoms with Gasteiger partial charge in [-0.3, -0.25) is 0 Å². The Morgan fingerprint density at radius 3 is 2.67 bits per heavy atom. The molecule has 1 fully saturated rings. The maximum absolute atomic E-state index is 12.3. The summed E-state index contributed by atoms with van der Waals surface area (Å²) in [7, 11) is 0. The molecule has 2 rings (SSSR count). The highest BCUT2D eigenvalue weighted by molar-refractivity contribution is 6.35. The molecule has 1 N–H and O–H groups in total. The average molecular weight is 366 g/mol. The van der Waals surface area contributed by atoms with Crippen LogP contribution in [0.1, 0.15) is 30.1 Å². The molecule has 3 nitrogen and oxygen atoms in total. The van der Waals surface area contributed by atoms with E-state index in [1.54, 1.807) is 18.2 Å². The Kier molecular flexibility index (Phi) is 7.10. The Bertz CT molecular complexity index is 647. The molecular formula is C19H21Cl2NO2. The third-order valence-electron chi connectivity index (χ3n) is 3.79. The predicted molar refractivity (Wildman–Crippen MR) is 99.8 cm³/mol. The van der Waals surface area contributed by atoms with E-state index in [2.05, 4.69) is 11.9 Å². The fourth-order valence-corrected chi connectivity index (χ4v) is 3.10. The van der Waals surface area contributed by atoms with Gasteiger partial charge in [0.25, 0.3) is 0 Å². The molecule has 1 aromatic carbocycles. The van der Waals surface area contributed by atoms with Crippen LogP contribution in [0.2, 0.25) is 10.0 Å². The fourth-order valence-electron chi connectivity index (χ4n) is 2.57. The summed E-state index contributed by atoms with van der Waals surface area (Å²) in [5, 5.41) is 4.23. The highest BCUT2D eigenvalue weighted by Gasteiger charge is 2.26. The third kappa shape index (κ3) is 5.52. The Balaban J connectivity index is 1.97. The molecule has 1 heterocycles. The number of esters is 1. The van der Waals surface area contributed by atoms with Crippen LogP contribution in [-0.2, 0) is 4.74 Å². The van der Waals surface area contributed by atoms with Crippen LogP contribution in [-0.4, -0.2) is 24.7 Å². The second-order valence-electron chi connectivity index (χ2n) is 5.68. The van der Waals surface area contributed by atoms with Crippen LogP contribution in [0.25, 0.3) is 0 Å². The molecule has 0 aliphatic carbocycles. The first-order valence-corrected chi connectivity index (χ1v) is 8.64. The first-order chi connectivity index (χ1) is 11.5. The molecule has 24 heavy (non-hydrogen) atoms. The molecule has 0 spiro atoms. The number of nitrogens with one attached hydrogen (secondary N) is 1. The minimum atomic E-state index is -0.403. The Morgan fingerprint density at radius 1 is 1.29 bits per heavy atom. The van der Waals surface area contributed by atoms with E-state index in [4.69, 9.17) is 27.9 Å². The van der Waals surface area contributed by atoms with Crippen molar-refractivity contribution in [1.82, 2.24) is 5.32 Å². The maximum Gasteiger partial charge on any atom is 0.338 e. The molecule has 2 atom stereocenters. The topological polar surface area (TPSA) is 38.3 Å². The van der Waals surface area contributed by atoms with Gasteiger partial charge in [-0.05, 0) is 43.7 Å². The van der Waals surface area contributed by atoms with Crippen molar-refractivity contribution in [3.63, 3.8) is 0 Å². The summed E-state index contributed by atoms with van der Waals surface area (Å²) >= 11 is 11.9. The Labute approximate surface area is 153 Å². The number of allylic oxidation sites excluding steroid dienone is 3. The summed E-state index contributed by atoms with van der Waals surface area (Å²) in [6.07, 6.45) is 9.13. The van der Waals surface area contributed by atoms with Gasteiger partial charge in [-0.1, -0.05) is 54.1 Å². The lowest BCUT2D eigenvalue weighted by atomic mass is 9.96. The number of ether oxygens (including phenoxy) is 1. The van der Waals surface area contributed by atoms with Gasteiger partial charge in [-0.2, -0.15) is 0 Å². The molecule has 0 bridgehead atoms. The summed E-state index contributed by atoms with van der Waals surface area (Å²) < 4.78 is 5.62. The number of hydrogen-bond donors (Lipinski definition) is 1. The number of hydrogen-bond acceptors (Lipinski definition) is 3. The second-order valence-corrected chi connectivity index (χ2v) is 6.55. The normalized spacial score (nSPS) is 21.3. The van der Waals surface area contributed by atoms with Crippen LogP contribution >= 0.6 is 23.2 Å². The standard InChI is InChI=1S/C19H21Cl2NO2/c1-3-4-5-6-13(2)18-12-17(7-8-22-18)24-19(23)14-9-15(20)11-16(21)10-14/h3-6,9-11,17-18,22H,2,7-8,12H2,1H3/b4-3-,6-5-/t17-,18+/m0/s1. The van der Waals surface area contributed by atoms with Crippen molar-refractivity contribution in [3.05, 3.63) is 70.3 Å². The van der Waals surface area contributed by atoms with Crippen molar-refractivity contribution in [2.45, 2.75) is 31.9 Å². The summed E-state index contributed by atoms with van der Waals surface area (Å²) in [4.78, 5) is 12.3. The van der Waals surface area contributed by atoms with E-state index < -0.39 is 5.97 Å². The maximum atomic E-state index is 12.3. The average Bonchev–Trinajstić information content (AvgIpc) is 2.54. The van der Waals surface area contributed by atoms with E-state index in [9.17, 15) is 4.79 Å². The van der Waals surface area contributed by atoms with E-state index in [0.717, 1.165) is 18.5 Å². The smallest absolute Gasteiger partial charge is 0.338 e. The van der Waals surface area contributed by atoms with Crippen LogP contribution < -0.4 is 5.32 Å². The summed E-state index contributed by atoms with van der Waals surface area (Å²) in [5.41, 5.74) is 1.34. The van der Waals surface area contributed by atoms with Crippen molar-refractivity contribution in [2.75, 3.05) is 6.54 Å². The summed E-state index contributed by atoms with van der Waals surface area (Å²) in [6, 6.07) is 4.81. The zero-order valence-corrected chi connectivity index (χ0v) is 15.1. The van der Waals surface area contributed by atoms with Gasteiger partial charge in [0.05, 0.1) is 5.56 Å². The lowest BCUT2D eigenvalue weighted by Gasteiger charge is -2.30. The highest BCUT2D eigenvalue weighted by atomic mass is 35.5. The molecule has 5 heteroatoms. The van der Waals surface area contributed by atoms with Crippen molar-refractivity contribution in [3.8, 4) is 0 Å². The number of carbonyl (C=O) groups is 1. The second kappa shape index (κ2) is 9.07. The molecule has 0 unspecified atom stereocenters. The zero-order chi connectivity index (χ0) is 17.5. The van der Waals surface area contributed by atoms with Crippen LogP contribution in [0.15, 0.2) is 54.7 Å². The molecule has 0 aromatic heterocycles. The molecule has 1 saturated heterocycles. The van der Waals surface area contributed by atoms with E-state index in [-0.39, 0.29) is 12.1 Å². The highest BCUT2D eigenvalue weighted by Crippen LogP contribution is 2.22. The van der Waals surface area contributed by atoms with Gasteiger partial charge < -0.3 is 10.1 Å². The largest absolute Gasteiger partial charge is 0.459 e. The predicted octanol–water partition coefficient (Wildman–Crippen LogP) is 4.96. The Hall–Kier alpha value is -1.55. The van der Waals surface area contributed by atoms with E-state index in [1.165, 1.54) is 0 Å². The van der Waals surface area contributed by atoms with Gasteiger partial charge in [0.15, 0.2) is 0 Å². The fraction of sp³-hybridized carbons (Fsp3) is 0.316. The molecule has 0 radical (unpaired) electrons. The first kappa shape index (κ1) is 18.8. The molecule has 1 aliphatic heterocycles. The van der Waals surface area contributed by atoms with Gasteiger partial charge >= 0.3 is 5.97 Å². The zero-order valence-electron chi connectivity index (χ0n) is 13.6. The minimum Gasteiger partial charge on any atom is -0.459 e. The SMILES string of the molecule is C=C(/C=C\C=C/C)[C@H]1C[C@@H](OC(=O)c2cc(Cl)cc(Cl)c2)CCN1. The molecule has 128 valence electrons. The number of carbonyl (C=O) groups excluding carboxylic acids is 1. The van der Waals surface area contributed by atoms with Crippen LogP contribution in [0, 0.1) is 0 Å². The van der Waals surface area contributed by atoms with Gasteiger partial charge in [0, 0.05) is 22.5 Å². The monoisotopic (exact) mass is 365 g/mol. The molecular weight excluding hydrogens is 345 g/mol. The molecule has 0 saturated carbocycles. The number of piperidine rings is 1. The molecule has 0 amide bonds. The summed E-state index contributed by atoms with van der Waals surface area (Å²) in [6.45, 7) is 6.82. The lowest BCUT2D eigenvalue weighted by Crippen LogP contribution is -2.42. The van der Waals surface area contributed by atoms with Crippen LogP contribution in [0.5, 0.6) is 0 Å². The number of halogens is 2. The quantitative estimate of drug-likeness (QED) is 0.591.